The Labute approximate surface area is 117 Å². The molecule has 0 aliphatic heterocycles. The Morgan fingerprint density at radius 1 is 1.16 bits per heavy atom. The molecule has 0 saturated heterocycles. The Kier molecular flexibility index (Phi) is 3.08. The molecule has 1 aromatic carbocycles. The summed E-state index contributed by atoms with van der Waals surface area (Å²) < 4.78 is 16.0. The molecular weight excluding hydrogens is 311 g/mol. The maximum atomic E-state index is 13.9. The molecule has 0 bridgehead atoms. The van der Waals surface area contributed by atoms with E-state index >= 15 is 0 Å². The SMILES string of the molecule is Fc1ccccc1-n1n[c]c(Br)c1-c1cncnc1. The van der Waals surface area contributed by atoms with Crippen molar-refractivity contribution in [2.45, 2.75) is 0 Å². The number of benzene rings is 1. The highest BCUT2D eigenvalue weighted by atomic mass is 79.9. The van der Waals surface area contributed by atoms with Crippen LogP contribution in [0.1, 0.15) is 0 Å². The van der Waals surface area contributed by atoms with E-state index in [2.05, 4.69) is 37.2 Å². The van der Waals surface area contributed by atoms with Crippen molar-refractivity contribution in [2.24, 2.45) is 0 Å². The third-order valence-corrected chi connectivity index (χ3v) is 3.14. The summed E-state index contributed by atoms with van der Waals surface area (Å²) >= 11 is 3.36. The second-order valence-electron chi connectivity index (χ2n) is 3.76. The minimum Gasteiger partial charge on any atom is -0.244 e. The largest absolute Gasteiger partial charge is 0.244 e. The van der Waals surface area contributed by atoms with Crippen LogP contribution in [0, 0.1) is 12.0 Å². The molecule has 0 N–H and O–H groups in total. The fourth-order valence-corrected chi connectivity index (χ4v) is 2.23. The minimum absolute atomic E-state index is 0.350. The molecule has 0 aliphatic rings. The van der Waals surface area contributed by atoms with Crippen molar-refractivity contribution in [3.63, 3.8) is 0 Å². The van der Waals surface area contributed by atoms with E-state index in [1.807, 2.05) is 0 Å². The van der Waals surface area contributed by atoms with Gasteiger partial charge in [-0.1, -0.05) is 12.1 Å². The fraction of sp³-hybridized carbons (Fsp3) is 0. The molecule has 2 heterocycles. The Morgan fingerprint density at radius 3 is 2.63 bits per heavy atom. The van der Waals surface area contributed by atoms with Crippen LogP contribution in [0.2, 0.25) is 0 Å². The molecule has 0 amide bonds. The van der Waals surface area contributed by atoms with E-state index in [-0.39, 0.29) is 5.82 Å². The highest BCUT2D eigenvalue weighted by Gasteiger charge is 2.15. The standard InChI is InChI=1S/C13H7BrFN4/c14-10-7-18-19(12-4-2-1-3-11(12)15)13(10)9-5-16-8-17-6-9/h1-6,8H. The van der Waals surface area contributed by atoms with Crippen LogP contribution in [0.25, 0.3) is 16.9 Å². The summed E-state index contributed by atoms with van der Waals surface area (Å²) in [5.74, 6) is -0.357. The zero-order valence-corrected chi connectivity index (χ0v) is 11.2. The Balaban J connectivity index is 2.23. The first kappa shape index (κ1) is 12.0. The van der Waals surface area contributed by atoms with E-state index in [1.54, 1.807) is 30.6 Å². The number of hydrogen-bond donors (Lipinski definition) is 0. The van der Waals surface area contributed by atoms with Gasteiger partial charge in [0.25, 0.3) is 0 Å². The average molecular weight is 318 g/mol. The van der Waals surface area contributed by atoms with Crippen molar-refractivity contribution in [3.8, 4) is 16.9 Å². The van der Waals surface area contributed by atoms with Crippen molar-refractivity contribution in [2.75, 3.05) is 0 Å². The van der Waals surface area contributed by atoms with Crippen LogP contribution in [0.3, 0.4) is 0 Å². The summed E-state index contributed by atoms with van der Waals surface area (Å²) in [6.45, 7) is 0. The second kappa shape index (κ2) is 4.89. The van der Waals surface area contributed by atoms with Crippen LogP contribution in [-0.4, -0.2) is 19.7 Å². The number of para-hydroxylation sites is 1. The summed E-state index contributed by atoms with van der Waals surface area (Å²) in [6, 6.07) is 6.41. The van der Waals surface area contributed by atoms with Gasteiger partial charge in [-0.2, -0.15) is 5.10 Å². The van der Waals surface area contributed by atoms with Crippen LogP contribution in [0.5, 0.6) is 0 Å². The Bertz CT molecular complexity index is 712. The highest BCUT2D eigenvalue weighted by Crippen LogP contribution is 2.29. The topological polar surface area (TPSA) is 43.6 Å². The quantitative estimate of drug-likeness (QED) is 0.729. The van der Waals surface area contributed by atoms with Crippen LogP contribution >= 0.6 is 15.9 Å². The Morgan fingerprint density at radius 2 is 1.89 bits per heavy atom. The smallest absolute Gasteiger partial charge is 0.148 e. The molecule has 4 nitrogen and oxygen atoms in total. The zero-order valence-electron chi connectivity index (χ0n) is 9.59. The van der Waals surface area contributed by atoms with Gasteiger partial charge in [-0.3, -0.25) is 0 Å². The first-order chi connectivity index (χ1) is 9.27. The van der Waals surface area contributed by atoms with Crippen molar-refractivity contribution < 1.29 is 4.39 Å². The summed E-state index contributed by atoms with van der Waals surface area (Å²) in [5, 5.41) is 4.07. The van der Waals surface area contributed by atoms with Gasteiger partial charge in [0, 0.05) is 18.0 Å². The van der Waals surface area contributed by atoms with Crippen molar-refractivity contribution >= 4 is 15.9 Å². The van der Waals surface area contributed by atoms with Gasteiger partial charge in [0.2, 0.25) is 0 Å². The van der Waals surface area contributed by atoms with E-state index in [4.69, 9.17) is 0 Å². The van der Waals surface area contributed by atoms with Crippen LogP contribution in [0.4, 0.5) is 4.39 Å². The highest BCUT2D eigenvalue weighted by molar-refractivity contribution is 9.10. The lowest BCUT2D eigenvalue weighted by molar-refractivity contribution is 0.611. The first-order valence-corrected chi connectivity index (χ1v) is 6.23. The van der Waals surface area contributed by atoms with Crippen molar-refractivity contribution in [1.82, 2.24) is 19.7 Å². The van der Waals surface area contributed by atoms with Crippen LogP contribution < -0.4 is 0 Å². The number of rotatable bonds is 2. The van der Waals surface area contributed by atoms with Gasteiger partial charge in [-0.05, 0) is 28.1 Å². The van der Waals surface area contributed by atoms with Crippen molar-refractivity contribution in [1.29, 1.82) is 0 Å². The molecule has 0 saturated carbocycles. The van der Waals surface area contributed by atoms with Crippen LogP contribution in [0.15, 0.2) is 47.5 Å². The van der Waals surface area contributed by atoms with Gasteiger partial charge in [0.15, 0.2) is 0 Å². The molecular formula is C13H7BrFN4. The molecule has 0 fully saturated rings. The first-order valence-electron chi connectivity index (χ1n) is 5.44. The van der Waals surface area contributed by atoms with E-state index in [0.29, 0.717) is 15.9 Å². The molecule has 3 rings (SSSR count). The molecule has 93 valence electrons. The summed E-state index contributed by atoms with van der Waals surface area (Å²) in [7, 11) is 0. The average Bonchev–Trinajstić information content (AvgIpc) is 2.82. The van der Waals surface area contributed by atoms with Gasteiger partial charge in [-0.15, -0.1) is 0 Å². The third-order valence-electron chi connectivity index (χ3n) is 2.58. The lowest BCUT2D eigenvalue weighted by Gasteiger charge is -2.08. The molecule has 0 unspecified atom stereocenters. The van der Waals surface area contributed by atoms with Gasteiger partial charge in [0.05, 0.1) is 10.2 Å². The van der Waals surface area contributed by atoms with Gasteiger partial charge >= 0.3 is 0 Å². The molecule has 0 atom stereocenters. The van der Waals surface area contributed by atoms with Crippen molar-refractivity contribution in [3.05, 3.63) is 59.5 Å². The predicted octanol–water partition coefficient (Wildman–Crippen LogP) is 3.03. The van der Waals surface area contributed by atoms with E-state index < -0.39 is 0 Å². The lowest BCUT2D eigenvalue weighted by Crippen LogP contribution is -2.02. The Hall–Kier alpha value is -2.08. The summed E-state index contributed by atoms with van der Waals surface area (Å²) in [4.78, 5) is 7.92. The maximum Gasteiger partial charge on any atom is 0.148 e. The minimum atomic E-state index is -0.357. The number of aromatic nitrogens is 4. The fourth-order valence-electron chi connectivity index (χ4n) is 1.76. The van der Waals surface area contributed by atoms with E-state index in [1.165, 1.54) is 17.1 Å². The van der Waals surface area contributed by atoms with E-state index in [9.17, 15) is 4.39 Å². The van der Waals surface area contributed by atoms with Gasteiger partial charge in [0.1, 0.15) is 24.0 Å². The molecule has 6 heteroatoms. The molecule has 0 aliphatic carbocycles. The molecule has 1 radical (unpaired) electrons. The van der Waals surface area contributed by atoms with Gasteiger partial charge in [-0.25, -0.2) is 19.0 Å². The maximum absolute atomic E-state index is 13.9. The molecule has 2 aromatic heterocycles. The number of nitrogens with zero attached hydrogens (tertiary/aromatic N) is 4. The number of halogens is 2. The molecule has 0 spiro atoms. The summed E-state index contributed by atoms with van der Waals surface area (Å²) in [6.07, 6.45) is 7.48. The number of hydrogen-bond acceptors (Lipinski definition) is 3. The second-order valence-corrected chi connectivity index (χ2v) is 4.56. The monoisotopic (exact) mass is 317 g/mol. The third kappa shape index (κ3) is 2.15. The van der Waals surface area contributed by atoms with E-state index in [0.717, 1.165) is 5.56 Å². The summed E-state index contributed by atoms with van der Waals surface area (Å²) in [5.41, 5.74) is 1.74. The normalized spacial score (nSPS) is 10.6. The molecule has 3 aromatic rings. The predicted molar refractivity (Wildman–Crippen MR) is 71.1 cm³/mol. The molecule has 19 heavy (non-hydrogen) atoms. The lowest BCUT2D eigenvalue weighted by atomic mass is 10.2. The van der Waals surface area contributed by atoms with Crippen LogP contribution in [-0.2, 0) is 0 Å². The zero-order chi connectivity index (χ0) is 13.2. The van der Waals surface area contributed by atoms with Gasteiger partial charge < -0.3 is 0 Å².